The first-order chi connectivity index (χ1) is 7.83. The minimum absolute atomic E-state index is 1.19. The van der Waals surface area contributed by atoms with Gasteiger partial charge < -0.3 is 0 Å². The molecule has 1 aliphatic heterocycles. The first-order valence-electron chi connectivity index (χ1n) is 7.24. The third-order valence-corrected chi connectivity index (χ3v) is 3.57. The Balaban J connectivity index is 1.78. The molecule has 0 aromatic rings. The molecule has 1 heterocycles. The minimum atomic E-state index is 1.19. The fraction of sp³-hybridized carbons (Fsp3) is 1.00. The van der Waals surface area contributed by atoms with Crippen LogP contribution in [0.25, 0.3) is 0 Å². The molecular formula is C14H30N2. The lowest BCUT2D eigenvalue weighted by molar-refractivity contribution is 0.269. The second kappa shape index (κ2) is 9.00. The second-order valence-electron chi connectivity index (χ2n) is 5.31. The van der Waals surface area contributed by atoms with Gasteiger partial charge in [0.1, 0.15) is 0 Å². The van der Waals surface area contributed by atoms with Crippen molar-refractivity contribution >= 4 is 0 Å². The third kappa shape index (κ3) is 6.49. The van der Waals surface area contributed by atoms with E-state index in [1.165, 1.54) is 77.7 Å². The van der Waals surface area contributed by atoms with Crippen LogP contribution in [-0.4, -0.2) is 43.2 Å². The Morgan fingerprint density at radius 1 is 0.812 bits per heavy atom. The van der Waals surface area contributed by atoms with Crippen LogP contribution in [-0.2, 0) is 0 Å². The molecule has 0 aromatic heterocycles. The highest BCUT2D eigenvalue weighted by atomic mass is 15.4. The van der Waals surface area contributed by atoms with E-state index < -0.39 is 0 Å². The molecule has 0 saturated carbocycles. The molecule has 1 saturated heterocycles. The van der Waals surface area contributed by atoms with Crippen LogP contribution in [0.4, 0.5) is 0 Å². The van der Waals surface area contributed by atoms with Crippen LogP contribution >= 0.6 is 0 Å². The van der Waals surface area contributed by atoms with Gasteiger partial charge in [-0.15, -0.1) is 0 Å². The number of hydrogen-bond donors (Lipinski definition) is 0. The van der Waals surface area contributed by atoms with Gasteiger partial charge in [-0.25, -0.2) is 0 Å². The highest BCUT2D eigenvalue weighted by molar-refractivity contribution is 4.67. The second-order valence-corrected chi connectivity index (χ2v) is 5.31. The summed E-state index contributed by atoms with van der Waals surface area (Å²) in [5.74, 6) is 0. The van der Waals surface area contributed by atoms with E-state index in [2.05, 4.69) is 23.8 Å². The monoisotopic (exact) mass is 226 g/mol. The van der Waals surface area contributed by atoms with Crippen molar-refractivity contribution in [3.63, 3.8) is 0 Å². The molecular weight excluding hydrogens is 196 g/mol. The molecule has 0 aromatic carbocycles. The van der Waals surface area contributed by atoms with Gasteiger partial charge in [0.25, 0.3) is 0 Å². The summed E-state index contributed by atoms with van der Waals surface area (Å²) in [5.41, 5.74) is 0. The molecule has 16 heavy (non-hydrogen) atoms. The fourth-order valence-electron chi connectivity index (χ4n) is 2.45. The highest BCUT2D eigenvalue weighted by Gasteiger charge is 2.14. The molecule has 0 spiro atoms. The molecule has 2 heteroatoms. The first kappa shape index (κ1) is 14.0. The van der Waals surface area contributed by atoms with Crippen molar-refractivity contribution in [2.45, 2.75) is 58.3 Å². The molecule has 0 bridgehead atoms. The van der Waals surface area contributed by atoms with E-state index in [4.69, 9.17) is 0 Å². The van der Waals surface area contributed by atoms with Gasteiger partial charge >= 0.3 is 0 Å². The largest absolute Gasteiger partial charge is 0.292 e. The predicted molar refractivity (Wildman–Crippen MR) is 71.7 cm³/mol. The summed E-state index contributed by atoms with van der Waals surface area (Å²) in [7, 11) is 2.22. The summed E-state index contributed by atoms with van der Waals surface area (Å²) in [6.45, 7) is 7.34. The average Bonchev–Trinajstić information content (AvgIpc) is 2.68. The minimum Gasteiger partial charge on any atom is -0.292 e. The Morgan fingerprint density at radius 2 is 1.44 bits per heavy atom. The Hall–Kier alpha value is -0.0800. The van der Waals surface area contributed by atoms with Gasteiger partial charge in [-0.1, -0.05) is 51.9 Å². The molecule has 0 N–H and O–H groups in total. The predicted octanol–water partition coefficient (Wildman–Crippen LogP) is 3.33. The van der Waals surface area contributed by atoms with Crippen LogP contribution in [0.15, 0.2) is 0 Å². The van der Waals surface area contributed by atoms with Gasteiger partial charge in [0.2, 0.25) is 0 Å². The van der Waals surface area contributed by atoms with Crippen molar-refractivity contribution in [3.8, 4) is 0 Å². The van der Waals surface area contributed by atoms with Crippen LogP contribution in [0.2, 0.25) is 0 Å². The maximum Gasteiger partial charge on any atom is 0.0504 e. The first-order valence-corrected chi connectivity index (χ1v) is 7.24. The van der Waals surface area contributed by atoms with Crippen molar-refractivity contribution in [1.82, 2.24) is 9.80 Å². The lowest BCUT2D eigenvalue weighted by Gasteiger charge is -2.14. The molecule has 0 atom stereocenters. The molecule has 1 aliphatic rings. The molecule has 96 valence electrons. The van der Waals surface area contributed by atoms with E-state index in [9.17, 15) is 0 Å². The standard InChI is InChI=1S/C14H30N2/c1-3-4-5-6-7-8-9-10-11-16-13-12-15(2)14-16/h3-14H2,1-2H3. The van der Waals surface area contributed by atoms with Gasteiger partial charge in [-0.2, -0.15) is 0 Å². The number of unbranched alkanes of at least 4 members (excludes halogenated alkanes) is 7. The van der Waals surface area contributed by atoms with Gasteiger partial charge in [0.15, 0.2) is 0 Å². The molecule has 0 aliphatic carbocycles. The van der Waals surface area contributed by atoms with Crippen molar-refractivity contribution in [1.29, 1.82) is 0 Å². The number of rotatable bonds is 9. The Kier molecular flexibility index (Phi) is 7.87. The fourth-order valence-corrected chi connectivity index (χ4v) is 2.45. The average molecular weight is 226 g/mol. The van der Waals surface area contributed by atoms with Gasteiger partial charge in [0.05, 0.1) is 6.67 Å². The Bertz CT molecular complexity index is 159. The van der Waals surface area contributed by atoms with Crippen LogP contribution in [0.1, 0.15) is 58.3 Å². The molecule has 1 rings (SSSR count). The number of likely N-dealkylation sites (N-methyl/N-ethyl adjacent to an activating group) is 1. The SMILES string of the molecule is CCCCCCCCCCN1CCN(C)C1. The Morgan fingerprint density at radius 3 is 2.00 bits per heavy atom. The zero-order valence-corrected chi connectivity index (χ0v) is 11.4. The maximum atomic E-state index is 2.58. The molecule has 2 nitrogen and oxygen atoms in total. The van der Waals surface area contributed by atoms with Gasteiger partial charge in [-0.3, -0.25) is 9.80 Å². The van der Waals surface area contributed by atoms with Crippen LogP contribution in [0.5, 0.6) is 0 Å². The van der Waals surface area contributed by atoms with E-state index in [0.717, 1.165) is 0 Å². The van der Waals surface area contributed by atoms with E-state index in [1.54, 1.807) is 0 Å². The summed E-state index contributed by atoms with van der Waals surface area (Å²) < 4.78 is 0. The molecule has 0 unspecified atom stereocenters. The molecule has 1 fully saturated rings. The summed E-state index contributed by atoms with van der Waals surface area (Å²) >= 11 is 0. The Labute approximate surface area is 102 Å². The third-order valence-electron chi connectivity index (χ3n) is 3.57. The molecule has 0 amide bonds. The van der Waals surface area contributed by atoms with Gasteiger partial charge in [-0.05, 0) is 20.0 Å². The highest BCUT2D eigenvalue weighted by Crippen LogP contribution is 2.10. The van der Waals surface area contributed by atoms with E-state index in [1.807, 2.05) is 0 Å². The van der Waals surface area contributed by atoms with Crippen molar-refractivity contribution < 1.29 is 0 Å². The van der Waals surface area contributed by atoms with Crippen LogP contribution < -0.4 is 0 Å². The topological polar surface area (TPSA) is 6.48 Å². The maximum absolute atomic E-state index is 2.58. The quantitative estimate of drug-likeness (QED) is 0.556. The van der Waals surface area contributed by atoms with Crippen molar-refractivity contribution in [2.24, 2.45) is 0 Å². The van der Waals surface area contributed by atoms with E-state index >= 15 is 0 Å². The van der Waals surface area contributed by atoms with Gasteiger partial charge in [0, 0.05) is 13.1 Å². The van der Waals surface area contributed by atoms with E-state index in [0.29, 0.717) is 0 Å². The summed E-state index contributed by atoms with van der Waals surface area (Å²) in [6, 6.07) is 0. The zero-order valence-electron chi connectivity index (χ0n) is 11.4. The lowest BCUT2D eigenvalue weighted by atomic mass is 10.1. The summed E-state index contributed by atoms with van der Waals surface area (Å²) in [4.78, 5) is 4.99. The van der Waals surface area contributed by atoms with E-state index in [-0.39, 0.29) is 0 Å². The number of hydrogen-bond acceptors (Lipinski definition) is 2. The van der Waals surface area contributed by atoms with Crippen molar-refractivity contribution in [2.75, 3.05) is 33.4 Å². The van der Waals surface area contributed by atoms with Crippen LogP contribution in [0, 0.1) is 0 Å². The summed E-state index contributed by atoms with van der Waals surface area (Å²) in [5, 5.41) is 0. The van der Waals surface area contributed by atoms with Crippen LogP contribution in [0.3, 0.4) is 0 Å². The summed E-state index contributed by atoms with van der Waals surface area (Å²) in [6.07, 6.45) is 11.5. The normalized spacial score (nSPS) is 18.4. The lowest BCUT2D eigenvalue weighted by Crippen LogP contribution is -2.24. The number of nitrogens with zero attached hydrogens (tertiary/aromatic N) is 2. The van der Waals surface area contributed by atoms with Crippen molar-refractivity contribution in [3.05, 3.63) is 0 Å². The molecule has 0 radical (unpaired) electrons. The zero-order chi connectivity index (χ0) is 11.6. The smallest absolute Gasteiger partial charge is 0.0504 e.